The summed E-state index contributed by atoms with van der Waals surface area (Å²) >= 11 is 0. The first kappa shape index (κ1) is 11.9. The van der Waals surface area contributed by atoms with Crippen LogP contribution < -0.4 is 5.32 Å². The smallest absolute Gasteiger partial charge is 0.0388 e. The normalized spacial score (nSPS) is 10.7. The average molecular weight is 246 g/mol. The van der Waals surface area contributed by atoms with Gasteiger partial charge in [-0.25, -0.2) is 5.32 Å². The Morgan fingerprint density at radius 3 is 2.11 bits per heavy atom. The lowest BCUT2D eigenvalue weighted by atomic mass is 10.1. The molecule has 19 heavy (non-hydrogen) atoms. The molecule has 1 radical (unpaired) electrons. The van der Waals surface area contributed by atoms with Gasteiger partial charge in [-0.3, -0.25) is 0 Å². The molecule has 0 fully saturated rings. The molecule has 0 aliphatic heterocycles. The summed E-state index contributed by atoms with van der Waals surface area (Å²) < 4.78 is 0. The lowest BCUT2D eigenvalue weighted by Gasteiger charge is -2.05. The highest BCUT2D eigenvalue weighted by Gasteiger charge is 1.97. The van der Waals surface area contributed by atoms with Gasteiger partial charge in [0, 0.05) is 13.1 Å². The Morgan fingerprint density at radius 2 is 1.26 bits per heavy atom. The van der Waals surface area contributed by atoms with E-state index in [1.807, 2.05) is 6.07 Å². The maximum atomic E-state index is 4.62. The standard InChI is InChI=1S/C18H16N/c1-2-6-15(7-3-1)13-19-14-16-10-11-17-8-4-5-9-18(17)12-16/h1-12H,13-14H2. The average Bonchev–Trinajstić information content (AvgIpc) is 2.48. The number of nitrogens with zero attached hydrogens (tertiary/aromatic N) is 1. The number of hydrogen-bond acceptors (Lipinski definition) is 0. The van der Waals surface area contributed by atoms with E-state index in [-0.39, 0.29) is 0 Å². The molecule has 0 saturated heterocycles. The van der Waals surface area contributed by atoms with E-state index in [2.05, 4.69) is 72.0 Å². The highest BCUT2D eigenvalue weighted by atomic mass is 14.8. The molecule has 0 amide bonds. The summed E-state index contributed by atoms with van der Waals surface area (Å²) in [5, 5.41) is 7.19. The maximum absolute atomic E-state index is 4.62. The zero-order valence-electron chi connectivity index (χ0n) is 10.8. The van der Waals surface area contributed by atoms with E-state index in [9.17, 15) is 0 Å². The Kier molecular flexibility index (Phi) is 3.57. The Morgan fingerprint density at radius 1 is 0.579 bits per heavy atom. The summed E-state index contributed by atoms with van der Waals surface area (Å²) in [5.74, 6) is 0. The molecule has 3 rings (SSSR count). The summed E-state index contributed by atoms with van der Waals surface area (Å²) in [7, 11) is 0. The third kappa shape index (κ3) is 3.01. The molecule has 0 bridgehead atoms. The first-order valence-electron chi connectivity index (χ1n) is 6.57. The molecule has 0 aromatic heterocycles. The summed E-state index contributed by atoms with van der Waals surface area (Å²) in [6.45, 7) is 1.56. The van der Waals surface area contributed by atoms with Gasteiger partial charge in [-0.05, 0) is 28.0 Å². The van der Waals surface area contributed by atoms with Crippen LogP contribution in [0.25, 0.3) is 10.8 Å². The summed E-state index contributed by atoms with van der Waals surface area (Å²) in [6.07, 6.45) is 0. The lowest BCUT2D eigenvalue weighted by Crippen LogP contribution is -2.04. The molecule has 0 aliphatic rings. The third-order valence-corrected chi connectivity index (χ3v) is 3.25. The molecule has 0 unspecified atom stereocenters. The van der Waals surface area contributed by atoms with Crippen LogP contribution in [0.4, 0.5) is 0 Å². The summed E-state index contributed by atoms with van der Waals surface area (Å²) in [5.41, 5.74) is 2.54. The molecule has 0 heterocycles. The van der Waals surface area contributed by atoms with Gasteiger partial charge in [-0.15, -0.1) is 0 Å². The van der Waals surface area contributed by atoms with Crippen molar-refractivity contribution in [3.63, 3.8) is 0 Å². The van der Waals surface area contributed by atoms with Crippen LogP contribution in [0.1, 0.15) is 11.1 Å². The van der Waals surface area contributed by atoms with Crippen molar-refractivity contribution in [2.24, 2.45) is 0 Å². The van der Waals surface area contributed by atoms with Crippen LogP contribution in [0.5, 0.6) is 0 Å². The van der Waals surface area contributed by atoms with E-state index >= 15 is 0 Å². The van der Waals surface area contributed by atoms with Crippen LogP contribution in [0.15, 0.2) is 72.8 Å². The Bertz CT molecular complexity index is 659. The first-order valence-corrected chi connectivity index (χ1v) is 6.57. The van der Waals surface area contributed by atoms with E-state index in [1.165, 1.54) is 21.9 Å². The molecule has 0 atom stereocenters. The van der Waals surface area contributed by atoms with E-state index in [0.29, 0.717) is 0 Å². The third-order valence-electron chi connectivity index (χ3n) is 3.25. The zero-order valence-corrected chi connectivity index (χ0v) is 10.8. The first-order chi connectivity index (χ1) is 9.42. The van der Waals surface area contributed by atoms with Crippen molar-refractivity contribution in [3.8, 4) is 0 Å². The predicted molar refractivity (Wildman–Crippen MR) is 79.9 cm³/mol. The van der Waals surface area contributed by atoms with Crippen molar-refractivity contribution < 1.29 is 0 Å². The van der Waals surface area contributed by atoms with E-state index in [0.717, 1.165) is 13.1 Å². The monoisotopic (exact) mass is 246 g/mol. The van der Waals surface area contributed by atoms with Crippen molar-refractivity contribution >= 4 is 10.8 Å². The Hall–Kier alpha value is -2.12. The highest BCUT2D eigenvalue weighted by molar-refractivity contribution is 5.82. The molecule has 93 valence electrons. The summed E-state index contributed by atoms with van der Waals surface area (Å²) in [6, 6.07) is 25.4. The fraction of sp³-hybridized carbons (Fsp3) is 0.111. The van der Waals surface area contributed by atoms with Crippen molar-refractivity contribution in [2.45, 2.75) is 13.1 Å². The summed E-state index contributed by atoms with van der Waals surface area (Å²) in [4.78, 5) is 0. The van der Waals surface area contributed by atoms with Crippen LogP contribution in [-0.4, -0.2) is 0 Å². The van der Waals surface area contributed by atoms with E-state index < -0.39 is 0 Å². The molecular weight excluding hydrogens is 230 g/mol. The molecule has 0 aliphatic carbocycles. The van der Waals surface area contributed by atoms with E-state index in [4.69, 9.17) is 0 Å². The van der Waals surface area contributed by atoms with Gasteiger partial charge in [0.15, 0.2) is 0 Å². The van der Waals surface area contributed by atoms with Gasteiger partial charge in [-0.1, -0.05) is 66.7 Å². The zero-order chi connectivity index (χ0) is 12.9. The fourth-order valence-electron chi connectivity index (χ4n) is 2.23. The van der Waals surface area contributed by atoms with Crippen molar-refractivity contribution in [1.29, 1.82) is 0 Å². The minimum Gasteiger partial charge on any atom is -0.232 e. The predicted octanol–water partition coefficient (Wildman–Crippen LogP) is 4.14. The fourth-order valence-corrected chi connectivity index (χ4v) is 2.23. The largest absolute Gasteiger partial charge is 0.232 e. The van der Waals surface area contributed by atoms with Gasteiger partial charge in [0.1, 0.15) is 0 Å². The maximum Gasteiger partial charge on any atom is 0.0388 e. The molecule has 1 nitrogen and oxygen atoms in total. The van der Waals surface area contributed by atoms with E-state index in [1.54, 1.807) is 0 Å². The number of hydrogen-bond donors (Lipinski definition) is 0. The second kappa shape index (κ2) is 5.68. The lowest BCUT2D eigenvalue weighted by molar-refractivity contribution is 0.677. The SMILES string of the molecule is c1ccc(C[N]Cc2ccc3ccccc3c2)cc1. The van der Waals surface area contributed by atoms with Crippen molar-refractivity contribution in [3.05, 3.63) is 83.9 Å². The number of rotatable bonds is 4. The van der Waals surface area contributed by atoms with Gasteiger partial charge in [0.25, 0.3) is 0 Å². The second-order valence-corrected chi connectivity index (χ2v) is 4.71. The van der Waals surface area contributed by atoms with Crippen LogP contribution in [0, 0.1) is 0 Å². The molecule has 0 spiro atoms. The molecular formula is C18H16N. The quantitative estimate of drug-likeness (QED) is 0.656. The van der Waals surface area contributed by atoms with Gasteiger partial charge < -0.3 is 0 Å². The van der Waals surface area contributed by atoms with Gasteiger partial charge in [-0.2, -0.15) is 0 Å². The van der Waals surface area contributed by atoms with Crippen LogP contribution >= 0.6 is 0 Å². The Labute approximate surface area is 113 Å². The van der Waals surface area contributed by atoms with Crippen molar-refractivity contribution in [2.75, 3.05) is 0 Å². The molecule has 3 aromatic rings. The second-order valence-electron chi connectivity index (χ2n) is 4.71. The van der Waals surface area contributed by atoms with Crippen LogP contribution in [0.2, 0.25) is 0 Å². The van der Waals surface area contributed by atoms with Crippen molar-refractivity contribution in [1.82, 2.24) is 5.32 Å². The van der Waals surface area contributed by atoms with Crippen LogP contribution in [0.3, 0.4) is 0 Å². The van der Waals surface area contributed by atoms with Gasteiger partial charge in [0.05, 0.1) is 0 Å². The molecule has 0 saturated carbocycles. The Balaban J connectivity index is 1.65. The topological polar surface area (TPSA) is 14.1 Å². The van der Waals surface area contributed by atoms with Gasteiger partial charge in [0.2, 0.25) is 0 Å². The van der Waals surface area contributed by atoms with Crippen LogP contribution in [-0.2, 0) is 13.1 Å². The highest BCUT2D eigenvalue weighted by Crippen LogP contribution is 2.15. The minimum atomic E-state index is 0.778. The van der Waals surface area contributed by atoms with Gasteiger partial charge >= 0.3 is 0 Å². The molecule has 3 aromatic carbocycles. The number of fused-ring (bicyclic) bond motifs is 1. The molecule has 0 N–H and O–H groups in total. The number of benzene rings is 3. The minimum absolute atomic E-state index is 0.778. The molecule has 1 heteroatoms.